The number of hydrogen-bond acceptors (Lipinski definition) is 5. The van der Waals surface area contributed by atoms with Crippen molar-refractivity contribution in [3.63, 3.8) is 0 Å². The summed E-state index contributed by atoms with van der Waals surface area (Å²) in [6.45, 7) is 1.82. The third kappa shape index (κ3) is 3.25. The van der Waals surface area contributed by atoms with Gasteiger partial charge in [-0.2, -0.15) is 0 Å². The molecule has 2 aromatic rings. The molecule has 1 aromatic heterocycles. The minimum absolute atomic E-state index is 0. The molecule has 2 fully saturated rings. The summed E-state index contributed by atoms with van der Waals surface area (Å²) >= 11 is 1.74. The molecule has 2 aliphatic rings. The fourth-order valence-corrected chi connectivity index (χ4v) is 3.66. The molecular weight excluding hydrogens is 322 g/mol. The van der Waals surface area contributed by atoms with Gasteiger partial charge in [0.05, 0.1) is 28.4 Å². The second-order valence-electron chi connectivity index (χ2n) is 5.58. The lowest BCUT2D eigenvalue weighted by Gasteiger charge is -2.22. The number of nitrogens with one attached hydrogen (secondary N) is 2. The van der Waals surface area contributed by atoms with E-state index in [4.69, 9.17) is 4.74 Å². The molecule has 2 N–H and O–H groups in total. The van der Waals surface area contributed by atoms with Gasteiger partial charge in [0.15, 0.2) is 0 Å². The van der Waals surface area contributed by atoms with Crippen molar-refractivity contribution in [1.82, 2.24) is 10.3 Å². The van der Waals surface area contributed by atoms with Gasteiger partial charge in [-0.05, 0) is 31.0 Å². The van der Waals surface area contributed by atoms with E-state index in [0.717, 1.165) is 22.4 Å². The Morgan fingerprint density at radius 1 is 1.41 bits per heavy atom. The summed E-state index contributed by atoms with van der Waals surface area (Å²) in [5, 5.41) is 7.34. The maximum atomic E-state index is 12.2. The zero-order valence-corrected chi connectivity index (χ0v) is 13.6. The molecule has 5 nitrogen and oxygen atoms in total. The highest BCUT2D eigenvalue weighted by Gasteiger charge is 2.27. The lowest BCUT2D eigenvalue weighted by atomic mass is 10.2. The first-order valence-corrected chi connectivity index (χ1v) is 8.14. The van der Waals surface area contributed by atoms with Crippen LogP contribution >= 0.6 is 23.7 Å². The Morgan fingerprint density at radius 3 is 3.00 bits per heavy atom. The number of hydrogen-bond donors (Lipinski definition) is 2. The van der Waals surface area contributed by atoms with Gasteiger partial charge in [-0.25, -0.2) is 4.98 Å². The van der Waals surface area contributed by atoms with Crippen LogP contribution in [0.2, 0.25) is 0 Å². The number of amides is 1. The first-order valence-electron chi connectivity index (χ1n) is 7.32. The van der Waals surface area contributed by atoms with Crippen molar-refractivity contribution in [3.05, 3.63) is 23.2 Å². The SMILES string of the molecule is Cl.O=C(Nc1ccc2nc(C3CC3)sc2c1)C1COCCN1. The van der Waals surface area contributed by atoms with E-state index in [1.165, 1.54) is 17.8 Å². The van der Waals surface area contributed by atoms with E-state index in [1.807, 2.05) is 18.2 Å². The van der Waals surface area contributed by atoms with Crippen LogP contribution in [0, 0.1) is 0 Å². The van der Waals surface area contributed by atoms with Gasteiger partial charge < -0.3 is 15.4 Å². The highest BCUT2D eigenvalue weighted by atomic mass is 35.5. The summed E-state index contributed by atoms with van der Waals surface area (Å²) in [6.07, 6.45) is 2.52. The van der Waals surface area contributed by atoms with E-state index in [0.29, 0.717) is 19.1 Å². The van der Waals surface area contributed by atoms with Gasteiger partial charge in [0, 0.05) is 18.2 Å². The van der Waals surface area contributed by atoms with E-state index < -0.39 is 0 Å². The summed E-state index contributed by atoms with van der Waals surface area (Å²) in [7, 11) is 0. The quantitative estimate of drug-likeness (QED) is 0.902. The number of aromatic nitrogens is 1. The zero-order valence-electron chi connectivity index (χ0n) is 12.0. The Labute approximate surface area is 138 Å². The molecule has 0 bridgehead atoms. The number of ether oxygens (including phenoxy) is 1. The van der Waals surface area contributed by atoms with Gasteiger partial charge in [-0.15, -0.1) is 23.7 Å². The Balaban J connectivity index is 0.00000144. The van der Waals surface area contributed by atoms with Crippen molar-refractivity contribution in [2.45, 2.75) is 24.8 Å². The average molecular weight is 340 g/mol. The summed E-state index contributed by atoms with van der Waals surface area (Å²) in [5.74, 6) is 0.630. The van der Waals surface area contributed by atoms with Crippen molar-refractivity contribution < 1.29 is 9.53 Å². The van der Waals surface area contributed by atoms with Crippen LogP contribution in [0.3, 0.4) is 0 Å². The number of carbonyl (C=O) groups is 1. The molecule has 0 radical (unpaired) electrons. The minimum atomic E-state index is -0.266. The second kappa shape index (κ2) is 6.50. The van der Waals surface area contributed by atoms with Crippen LogP contribution in [-0.2, 0) is 9.53 Å². The van der Waals surface area contributed by atoms with Crippen molar-refractivity contribution in [2.75, 3.05) is 25.1 Å². The third-order valence-electron chi connectivity index (χ3n) is 3.84. The van der Waals surface area contributed by atoms with E-state index in [1.54, 1.807) is 11.3 Å². The van der Waals surface area contributed by atoms with Crippen LogP contribution in [0.4, 0.5) is 5.69 Å². The first kappa shape index (κ1) is 15.7. The van der Waals surface area contributed by atoms with E-state index in [2.05, 4.69) is 15.6 Å². The maximum Gasteiger partial charge on any atom is 0.243 e. The average Bonchev–Trinajstić information content (AvgIpc) is 3.28. The predicted molar refractivity (Wildman–Crippen MR) is 90.1 cm³/mol. The van der Waals surface area contributed by atoms with Crippen LogP contribution in [-0.4, -0.2) is 36.7 Å². The van der Waals surface area contributed by atoms with E-state index >= 15 is 0 Å². The van der Waals surface area contributed by atoms with Gasteiger partial charge in [0.2, 0.25) is 5.91 Å². The van der Waals surface area contributed by atoms with Gasteiger partial charge in [0.25, 0.3) is 0 Å². The molecule has 4 rings (SSSR count). The molecule has 1 aliphatic carbocycles. The maximum absolute atomic E-state index is 12.2. The van der Waals surface area contributed by atoms with Crippen LogP contribution in [0.5, 0.6) is 0 Å². The summed E-state index contributed by atoms with van der Waals surface area (Å²) in [5.41, 5.74) is 1.85. The Bertz CT molecular complexity index is 680. The number of benzene rings is 1. The minimum Gasteiger partial charge on any atom is -0.378 e. The number of fused-ring (bicyclic) bond motifs is 1. The molecule has 1 aliphatic heterocycles. The molecular formula is C15H18ClN3O2S. The third-order valence-corrected chi connectivity index (χ3v) is 5.02. The fourth-order valence-electron chi connectivity index (χ4n) is 2.49. The van der Waals surface area contributed by atoms with E-state index in [-0.39, 0.29) is 24.4 Å². The molecule has 1 saturated carbocycles. The Kier molecular flexibility index (Phi) is 4.63. The Morgan fingerprint density at radius 2 is 2.27 bits per heavy atom. The monoisotopic (exact) mass is 339 g/mol. The predicted octanol–water partition coefficient (Wildman–Crippen LogP) is 2.52. The van der Waals surface area contributed by atoms with Crippen molar-refractivity contribution >= 4 is 45.6 Å². The lowest BCUT2D eigenvalue weighted by Crippen LogP contribution is -2.48. The van der Waals surface area contributed by atoms with Crippen LogP contribution in [0.25, 0.3) is 10.2 Å². The van der Waals surface area contributed by atoms with Crippen molar-refractivity contribution in [3.8, 4) is 0 Å². The number of halogens is 1. The lowest BCUT2D eigenvalue weighted by molar-refractivity contribution is -0.120. The molecule has 0 spiro atoms. The van der Waals surface area contributed by atoms with Gasteiger partial charge in [0.1, 0.15) is 6.04 Å². The molecule has 1 amide bonds. The molecule has 22 heavy (non-hydrogen) atoms. The standard InChI is InChI=1S/C15H17N3O2S.ClH/c19-14(12-8-20-6-5-16-12)17-10-3-4-11-13(7-10)21-15(18-11)9-1-2-9;/h3-4,7,9,12,16H,1-2,5-6,8H2,(H,17,19);1H. The van der Waals surface area contributed by atoms with Crippen LogP contribution < -0.4 is 10.6 Å². The molecule has 118 valence electrons. The normalized spacial score (nSPS) is 21.4. The molecule has 2 heterocycles. The highest BCUT2D eigenvalue weighted by Crippen LogP contribution is 2.43. The van der Waals surface area contributed by atoms with Gasteiger partial charge in [-0.3, -0.25) is 4.79 Å². The molecule has 1 aromatic carbocycles. The largest absolute Gasteiger partial charge is 0.378 e. The number of nitrogens with zero attached hydrogens (tertiary/aromatic N) is 1. The second-order valence-corrected chi connectivity index (χ2v) is 6.64. The van der Waals surface area contributed by atoms with Crippen molar-refractivity contribution in [1.29, 1.82) is 0 Å². The number of carbonyl (C=O) groups excluding carboxylic acids is 1. The van der Waals surface area contributed by atoms with Crippen LogP contribution in [0.15, 0.2) is 18.2 Å². The number of morpholine rings is 1. The fraction of sp³-hybridized carbons (Fsp3) is 0.467. The number of thiazole rings is 1. The summed E-state index contributed by atoms with van der Waals surface area (Å²) in [4.78, 5) is 16.8. The Hall–Kier alpha value is -1.21. The molecule has 1 atom stereocenters. The number of anilines is 1. The molecule has 1 unspecified atom stereocenters. The van der Waals surface area contributed by atoms with Gasteiger partial charge >= 0.3 is 0 Å². The summed E-state index contributed by atoms with van der Waals surface area (Å²) < 4.78 is 6.46. The number of rotatable bonds is 3. The summed E-state index contributed by atoms with van der Waals surface area (Å²) in [6, 6.07) is 5.65. The van der Waals surface area contributed by atoms with Crippen LogP contribution in [0.1, 0.15) is 23.8 Å². The van der Waals surface area contributed by atoms with Crippen molar-refractivity contribution in [2.24, 2.45) is 0 Å². The van der Waals surface area contributed by atoms with Gasteiger partial charge in [-0.1, -0.05) is 0 Å². The smallest absolute Gasteiger partial charge is 0.243 e. The highest BCUT2D eigenvalue weighted by molar-refractivity contribution is 7.18. The topological polar surface area (TPSA) is 63.2 Å². The zero-order chi connectivity index (χ0) is 14.2. The van der Waals surface area contributed by atoms with E-state index in [9.17, 15) is 4.79 Å². The molecule has 7 heteroatoms. The molecule has 1 saturated heterocycles. The first-order chi connectivity index (χ1) is 10.3.